The lowest BCUT2D eigenvalue weighted by Gasteiger charge is -2.19. The molecule has 0 saturated heterocycles. The van der Waals surface area contributed by atoms with Crippen molar-refractivity contribution in [3.8, 4) is 0 Å². The van der Waals surface area contributed by atoms with Crippen LogP contribution in [0.4, 0.5) is 0 Å². The SMILES string of the molecule is CC1(C)C(C(=O)Cl)[C@@H]1[C@@H](Br)C(Cl)(Cl)Br. The van der Waals surface area contributed by atoms with Gasteiger partial charge in [0.2, 0.25) is 5.24 Å². The first-order valence-electron chi connectivity index (χ1n) is 4.00. The molecular formula is C8H9Br2Cl3O. The minimum atomic E-state index is -1.07. The largest absolute Gasteiger partial charge is 0.281 e. The van der Waals surface area contributed by atoms with Gasteiger partial charge in [0, 0.05) is 5.92 Å². The van der Waals surface area contributed by atoms with Gasteiger partial charge in [-0.1, -0.05) is 53.0 Å². The maximum absolute atomic E-state index is 11.1. The first-order valence-corrected chi connectivity index (χ1v) is 6.84. The highest BCUT2D eigenvalue weighted by Gasteiger charge is 2.66. The first-order chi connectivity index (χ1) is 6.10. The van der Waals surface area contributed by atoms with Crippen molar-refractivity contribution in [3.05, 3.63) is 0 Å². The third-order valence-electron chi connectivity index (χ3n) is 2.78. The van der Waals surface area contributed by atoms with Gasteiger partial charge in [-0.05, 0) is 38.9 Å². The number of hydrogen-bond donors (Lipinski definition) is 0. The van der Waals surface area contributed by atoms with Gasteiger partial charge in [0.15, 0.2) is 3.24 Å². The molecule has 0 aromatic heterocycles. The Morgan fingerprint density at radius 3 is 2.14 bits per heavy atom. The molecule has 1 rings (SSSR count). The van der Waals surface area contributed by atoms with Crippen molar-refractivity contribution in [2.24, 2.45) is 17.3 Å². The Labute approximate surface area is 115 Å². The summed E-state index contributed by atoms with van der Waals surface area (Å²) in [5.41, 5.74) is -0.143. The van der Waals surface area contributed by atoms with Crippen LogP contribution >= 0.6 is 66.7 Å². The summed E-state index contributed by atoms with van der Waals surface area (Å²) in [5, 5.41) is -0.325. The summed E-state index contributed by atoms with van der Waals surface area (Å²) in [5.74, 6) is -0.121. The summed E-state index contributed by atoms with van der Waals surface area (Å²) in [6.07, 6.45) is 0. The molecule has 6 heteroatoms. The summed E-state index contributed by atoms with van der Waals surface area (Å²) in [6.45, 7) is 3.95. The fourth-order valence-electron chi connectivity index (χ4n) is 1.86. The second-order valence-corrected chi connectivity index (χ2v) is 8.98. The molecule has 0 spiro atoms. The number of alkyl halides is 4. The first kappa shape index (κ1) is 13.6. The molecule has 1 aliphatic rings. The normalized spacial score (nSPS) is 32.5. The van der Waals surface area contributed by atoms with Gasteiger partial charge in [0.1, 0.15) is 0 Å². The molecule has 14 heavy (non-hydrogen) atoms. The zero-order valence-electron chi connectivity index (χ0n) is 7.53. The van der Waals surface area contributed by atoms with E-state index < -0.39 is 3.24 Å². The smallest absolute Gasteiger partial charge is 0.225 e. The van der Waals surface area contributed by atoms with Crippen molar-refractivity contribution in [3.63, 3.8) is 0 Å². The number of carbonyl (C=O) groups excluding carboxylic acids is 1. The molecule has 82 valence electrons. The highest BCUT2D eigenvalue weighted by Crippen LogP contribution is 2.65. The third-order valence-corrected chi connectivity index (χ3v) is 6.38. The Morgan fingerprint density at radius 1 is 1.50 bits per heavy atom. The Bertz CT molecular complexity index is 262. The van der Waals surface area contributed by atoms with Crippen LogP contribution in [0.25, 0.3) is 0 Å². The fourth-order valence-corrected chi connectivity index (χ4v) is 3.82. The predicted molar refractivity (Wildman–Crippen MR) is 67.7 cm³/mol. The highest BCUT2D eigenvalue weighted by atomic mass is 79.9. The van der Waals surface area contributed by atoms with Crippen molar-refractivity contribution < 1.29 is 4.79 Å². The van der Waals surface area contributed by atoms with Crippen LogP contribution in [0.2, 0.25) is 0 Å². The van der Waals surface area contributed by atoms with Crippen LogP contribution in [0.3, 0.4) is 0 Å². The van der Waals surface area contributed by atoms with E-state index in [4.69, 9.17) is 34.8 Å². The lowest BCUT2D eigenvalue weighted by molar-refractivity contribution is -0.113. The zero-order chi connectivity index (χ0) is 11.3. The molecule has 1 nitrogen and oxygen atoms in total. The van der Waals surface area contributed by atoms with Crippen molar-refractivity contribution in [2.75, 3.05) is 0 Å². The summed E-state index contributed by atoms with van der Waals surface area (Å²) in [7, 11) is 0. The number of carbonyl (C=O) groups is 1. The molecule has 0 aromatic carbocycles. The van der Waals surface area contributed by atoms with Gasteiger partial charge in [-0.25, -0.2) is 0 Å². The molecular weight excluding hydrogens is 378 g/mol. The number of hydrogen-bond acceptors (Lipinski definition) is 1. The Morgan fingerprint density at radius 2 is 1.93 bits per heavy atom. The van der Waals surface area contributed by atoms with E-state index >= 15 is 0 Å². The molecule has 1 saturated carbocycles. The van der Waals surface area contributed by atoms with Gasteiger partial charge in [0.05, 0.1) is 4.83 Å². The number of rotatable bonds is 3. The zero-order valence-corrected chi connectivity index (χ0v) is 13.0. The molecule has 0 radical (unpaired) electrons. The van der Waals surface area contributed by atoms with Crippen LogP contribution < -0.4 is 0 Å². The summed E-state index contributed by atoms with van der Waals surface area (Å²) < 4.78 is -1.07. The topological polar surface area (TPSA) is 17.1 Å². The highest BCUT2D eigenvalue weighted by molar-refractivity contribution is 9.13. The van der Waals surface area contributed by atoms with Crippen molar-refractivity contribution in [1.29, 1.82) is 0 Å². The van der Waals surface area contributed by atoms with E-state index in [0.29, 0.717) is 0 Å². The minimum absolute atomic E-state index is 0.0573. The number of halogens is 5. The standard InChI is InChI=1S/C8H9Br2Cl3O/c1-7(2)3(4(7)6(11)14)5(9)8(10,12)13/h3-5H,1-2H3/t3-,4?,5-/m1/s1. The average Bonchev–Trinajstić information content (AvgIpc) is 2.49. The molecule has 0 heterocycles. The molecule has 3 atom stereocenters. The molecule has 0 aliphatic heterocycles. The molecule has 0 bridgehead atoms. The summed E-state index contributed by atoms with van der Waals surface area (Å²) in [4.78, 5) is 10.9. The van der Waals surface area contributed by atoms with Crippen LogP contribution in [0.1, 0.15) is 13.8 Å². The Hall–Kier alpha value is 1.50. The maximum Gasteiger partial charge on any atom is 0.225 e. The van der Waals surface area contributed by atoms with E-state index in [0.717, 1.165) is 0 Å². The molecule has 0 aromatic rings. The van der Waals surface area contributed by atoms with Crippen molar-refractivity contribution in [2.45, 2.75) is 21.9 Å². The van der Waals surface area contributed by atoms with Crippen LogP contribution in [0.15, 0.2) is 0 Å². The van der Waals surface area contributed by atoms with Crippen molar-refractivity contribution >= 4 is 71.9 Å². The summed E-state index contributed by atoms with van der Waals surface area (Å²) >= 11 is 23.8. The van der Waals surface area contributed by atoms with Gasteiger partial charge in [-0.3, -0.25) is 4.79 Å². The second kappa shape index (κ2) is 4.06. The van der Waals surface area contributed by atoms with Crippen LogP contribution in [0.5, 0.6) is 0 Å². The van der Waals surface area contributed by atoms with Gasteiger partial charge in [-0.15, -0.1) is 0 Å². The third kappa shape index (κ3) is 2.42. The monoisotopic (exact) mass is 384 g/mol. The van der Waals surface area contributed by atoms with E-state index in [-0.39, 0.29) is 27.3 Å². The molecule has 1 fully saturated rings. The average molecular weight is 387 g/mol. The van der Waals surface area contributed by atoms with E-state index in [2.05, 4.69) is 31.9 Å². The van der Waals surface area contributed by atoms with Crippen LogP contribution in [0, 0.1) is 17.3 Å². The van der Waals surface area contributed by atoms with Crippen molar-refractivity contribution in [1.82, 2.24) is 0 Å². The van der Waals surface area contributed by atoms with Crippen LogP contribution in [-0.2, 0) is 4.79 Å². The van der Waals surface area contributed by atoms with E-state index in [1.54, 1.807) is 0 Å². The quantitative estimate of drug-likeness (QED) is 0.521. The maximum atomic E-state index is 11.1. The van der Waals surface area contributed by atoms with Gasteiger partial charge >= 0.3 is 0 Å². The Balaban J connectivity index is 2.79. The molecule has 0 N–H and O–H groups in total. The lowest BCUT2D eigenvalue weighted by atomic mass is 10.1. The molecule has 1 aliphatic carbocycles. The Kier molecular flexibility index (Phi) is 3.94. The second-order valence-electron chi connectivity index (χ2n) is 4.07. The van der Waals surface area contributed by atoms with Crippen LogP contribution in [-0.4, -0.2) is 13.3 Å². The van der Waals surface area contributed by atoms with Gasteiger partial charge in [-0.2, -0.15) is 0 Å². The lowest BCUT2D eigenvalue weighted by Crippen LogP contribution is -2.23. The van der Waals surface area contributed by atoms with Gasteiger partial charge < -0.3 is 0 Å². The summed E-state index contributed by atoms with van der Waals surface area (Å²) in [6, 6.07) is 0. The van der Waals surface area contributed by atoms with E-state index in [1.807, 2.05) is 13.8 Å². The predicted octanol–water partition coefficient (Wildman–Crippen LogP) is 4.31. The van der Waals surface area contributed by atoms with Gasteiger partial charge in [0.25, 0.3) is 0 Å². The molecule has 0 amide bonds. The van der Waals surface area contributed by atoms with E-state index in [1.165, 1.54) is 0 Å². The fraction of sp³-hybridized carbons (Fsp3) is 0.875. The van der Waals surface area contributed by atoms with E-state index in [9.17, 15) is 4.79 Å². The minimum Gasteiger partial charge on any atom is -0.281 e. The molecule has 1 unspecified atom stereocenters.